The highest BCUT2D eigenvalue weighted by atomic mass is 35.5. The first-order chi connectivity index (χ1) is 13.6. The Kier molecular flexibility index (Phi) is 5.77. The maximum atomic E-state index is 14.5. The summed E-state index contributed by atoms with van der Waals surface area (Å²) in [6, 6.07) is 11.9. The molecule has 1 amide bonds. The first kappa shape index (κ1) is 19.1. The molecule has 0 aromatic heterocycles. The second kappa shape index (κ2) is 8.45. The van der Waals surface area contributed by atoms with Gasteiger partial charge in [-0.3, -0.25) is 4.79 Å². The number of ether oxygens (including phenoxy) is 1. The van der Waals surface area contributed by atoms with Crippen LogP contribution in [0.25, 0.3) is 0 Å². The molecular formula is C20H22ClFN4O2. The smallest absolute Gasteiger partial charge is 0.242 e. The molecule has 2 aromatic carbocycles. The molecule has 4 rings (SSSR count). The van der Waals surface area contributed by atoms with E-state index in [1.165, 1.54) is 6.07 Å². The summed E-state index contributed by atoms with van der Waals surface area (Å²) in [5, 5.41) is 3.44. The fraction of sp³-hybridized carbons (Fsp3) is 0.350. The van der Waals surface area contributed by atoms with E-state index < -0.39 is 6.04 Å². The average Bonchev–Trinajstić information content (AvgIpc) is 3.19. The van der Waals surface area contributed by atoms with E-state index in [9.17, 15) is 9.18 Å². The zero-order chi connectivity index (χ0) is 19.5. The predicted molar refractivity (Wildman–Crippen MR) is 107 cm³/mol. The Labute approximate surface area is 168 Å². The highest BCUT2D eigenvalue weighted by molar-refractivity contribution is 6.30. The summed E-state index contributed by atoms with van der Waals surface area (Å²) < 4.78 is 19.8. The van der Waals surface area contributed by atoms with Crippen LogP contribution in [0.2, 0.25) is 5.02 Å². The van der Waals surface area contributed by atoms with Crippen molar-refractivity contribution in [3.63, 3.8) is 0 Å². The predicted octanol–water partition coefficient (Wildman–Crippen LogP) is 2.86. The maximum absolute atomic E-state index is 14.5. The first-order valence-corrected chi connectivity index (χ1v) is 9.67. The molecule has 2 atom stereocenters. The lowest BCUT2D eigenvalue weighted by molar-refractivity contribution is -0.117. The van der Waals surface area contributed by atoms with E-state index in [2.05, 4.69) is 16.2 Å². The van der Waals surface area contributed by atoms with Gasteiger partial charge in [0.25, 0.3) is 0 Å². The van der Waals surface area contributed by atoms with Gasteiger partial charge >= 0.3 is 0 Å². The van der Waals surface area contributed by atoms with Crippen LogP contribution in [0.1, 0.15) is 18.0 Å². The van der Waals surface area contributed by atoms with Crippen LogP contribution >= 0.6 is 11.6 Å². The quantitative estimate of drug-likeness (QED) is 0.731. The van der Waals surface area contributed by atoms with Crippen molar-refractivity contribution in [1.82, 2.24) is 10.9 Å². The lowest BCUT2D eigenvalue weighted by atomic mass is 10.0. The van der Waals surface area contributed by atoms with Crippen molar-refractivity contribution in [3.05, 3.63) is 58.9 Å². The molecular weight excluding hydrogens is 383 g/mol. The Balaban J connectivity index is 1.38. The van der Waals surface area contributed by atoms with Gasteiger partial charge in [-0.2, -0.15) is 0 Å². The van der Waals surface area contributed by atoms with E-state index >= 15 is 0 Å². The summed E-state index contributed by atoms with van der Waals surface area (Å²) in [5.74, 6) is -0.565. The number of rotatable bonds is 4. The van der Waals surface area contributed by atoms with E-state index in [0.717, 1.165) is 5.56 Å². The van der Waals surface area contributed by atoms with Crippen molar-refractivity contribution in [2.45, 2.75) is 18.5 Å². The van der Waals surface area contributed by atoms with Gasteiger partial charge in [0.2, 0.25) is 5.91 Å². The zero-order valence-electron chi connectivity index (χ0n) is 15.3. The summed E-state index contributed by atoms with van der Waals surface area (Å²) >= 11 is 6.04. The Morgan fingerprint density at radius 2 is 2.00 bits per heavy atom. The normalized spacial score (nSPS) is 22.3. The molecule has 2 aliphatic heterocycles. The van der Waals surface area contributed by atoms with Crippen LogP contribution in [0.3, 0.4) is 0 Å². The molecule has 2 aliphatic rings. The number of nitrogens with zero attached hydrogens (tertiary/aromatic N) is 1. The minimum absolute atomic E-state index is 0.0186. The minimum Gasteiger partial charge on any atom is -0.378 e. The van der Waals surface area contributed by atoms with Gasteiger partial charge in [-0.15, -0.1) is 0 Å². The Morgan fingerprint density at radius 3 is 2.75 bits per heavy atom. The van der Waals surface area contributed by atoms with Crippen LogP contribution in [-0.2, 0) is 9.53 Å². The average molecular weight is 405 g/mol. The van der Waals surface area contributed by atoms with Gasteiger partial charge < -0.3 is 15.0 Å². The summed E-state index contributed by atoms with van der Waals surface area (Å²) in [5.41, 5.74) is 8.10. The summed E-state index contributed by atoms with van der Waals surface area (Å²) in [7, 11) is 0. The number of hydrogen-bond acceptors (Lipinski definition) is 5. The largest absolute Gasteiger partial charge is 0.378 e. The number of halogens is 2. The first-order valence-electron chi connectivity index (χ1n) is 9.30. The minimum atomic E-state index is -0.425. The van der Waals surface area contributed by atoms with E-state index in [0.29, 0.717) is 49.1 Å². The summed E-state index contributed by atoms with van der Waals surface area (Å²) in [6.45, 7) is 2.49. The number of morpholine rings is 1. The van der Waals surface area contributed by atoms with Crippen molar-refractivity contribution < 1.29 is 13.9 Å². The van der Waals surface area contributed by atoms with Crippen LogP contribution in [0.4, 0.5) is 15.8 Å². The highest BCUT2D eigenvalue weighted by Crippen LogP contribution is 2.26. The number of benzene rings is 2. The number of amides is 1. The molecule has 0 aliphatic carbocycles. The molecule has 148 valence electrons. The van der Waals surface area contributed by atoms with Crippen molar-refractivity contribution in [2.24, 2.45) is 0 Å². The zero-order valence-corrected chi connectivity index (χ0v) is 16.0. The number of carbonyl (C=O) groups is 1. The van der Waals surface area contributed by atoms with Crippen LogP contribution in [-0.4, -0.2) is 38.3 Å². The van der Waals surface area contributed by atoms with Gasteiger partial charge in [0.1, 0.15) is 11.9 Å². The Hall–Kier alpha value is -2.19. The van der Waals surface area contributed by atoms with Gasteiger partial charge in [-0.05, 0) is 42.3 Å². The van der Waals surface area contributed by atoms with E-state index in [4.69, 9.17) is 16.3 Å². The third kappa shape index (κ3) is 4.28. The maximum Gasteiger partial charge on any atom is 0.242 e. The molecule has 8 heteroatoms. The van der Waals surface area contributed by atoms with Gasteiger partial charge in [0, 0.05) is 29.8 Å². The fourth-order valence-corrected chi connectivity index (χ4v) is 3.74. The van der Waals surface area contributed by atoms with E-state index in [1.807, 2.05) is 29.2 Å². The second-order valence-corrected chi connectivity index (χ2v) is 7.38. The molecule has 28 heavy (non-hydrogen) atoms. The summed E-state index contributed by atoms with van der Waals surface area (Å²) in [4.78, 5) is 14.5. The molecule has 2 aromatic rings. The van der Waals surface area contributed by atoms with E-state index in [-0.39, 0.29) is 17.8 Å². The topological polar surface area (TPSA) is 65.6 Å². The number of hydrogen-bond donors (Lipinski definition) is 3. The van der Waals surface area contributed by atoms with Crippen molar-refractivity contribution in [2.75, 3.05) is 36.5 Å². The van der Waals surface area contributed by atoms with Crippen molar-refractivity contribution in [3.8, 4) is 0 Å². The third-order valence-electron chi connectivity index (χ3n) is 5.04. The molecule has 6 nitrogen and oxygen atoms in total. The lowest BCUT2D eigenvalue weighted by Crippen LogP contribution is -2.39. The molecule has 0 radical (unpaired) electrons. The molecule has 0 bridgehead atoms. The van der Waals surface area contributed by atoms with Crippen LogP contribution in [0.5, 0.6) is 0 Å². The molecule has 2 saturated heterocycles. The number of hydrazine groups is 1. The van der Waals surface area contributed by atoms with Crippen molar-refractivity contribution in [1.29, 1.82) is 0 Å². The molecule has 0 spiro atoms. The lowest BCUT2D eigenvalue weighted by Gasteiger charge is -2.29. The fourth-order valence-electron chi connectivity index (χ4n) is 3.54. The summed E-state index contributed by atoms with van der Waals surface area (Å²) in [6.07, 6.45) is 0.570. The third-order valence-corrected chi connectivity index (χ3v) is 5.27. The van der Waals surface area contributed by atoms with Crippen LogP contribution in [0.15, 0.2) is 42.5 Å². The molecule has 2 heterocycles. The number of carbonyl (C=O) groups excluding carboxylic acids is 1. The second-order valence-electron chi connectivity index (χ2n) is 6.94. The van der Waals surface area contributed by atoms with Gasteiger partial charge in [0.15, 0.2) is 0 Å². The number of nitrogens with one attached hydrogen (secondary N) is 3. The molecule has 2 fully saturated rings. The Bertz CT molecular complexity index is 860. The van der Waals surface area contributed by atoms with Gasteiger partial charge in [-0.25, -0.2) is 15.2 Å². The molecule has 3 N–H and O–H groups in total. The highest BCUT2D eigenvalue weighted by Gasteiger charge is 2.30. The van der Waals surface area contributed by atoms with E-state index in [1.54, 1.807) is 12.1 Å². The van der Waals surface area contributed by atoms with Crippen molar-refractivity contribution >= 4 is 28.9 Å². The molecule has 2 unspecified atom stereocenters. The Morgan fingerprint density at radius 1 is 1.18 bits per heavy atom. The van der Waals surface area contributed by atoms with Gasteiger partial charge in [0.05, 0.1) is 18.9 Å². The standard InChI is InChI=1S/C20H22ClFN4O2/c21-14-3-1-2-13(10-14)17-12-18(25-24-17)20(27)23-15-4-5-19(16(22)11-15)26-6-8-28-9-7-26/h1-5,10-11,17-18,24-25H,6-9,12H2,(H,23,27). The van der Waals surface area contributed by atoms with Crippen LogP contribution in [0, 0.1) is 5.82 Å². The monoisotopic (exact) mass is 404 g/mol. The molecule has 0 saturated carbocycles. The SMILES string of the molecule is O=C(Nc1ccc(N2CCOCC2)c(F)c1)C1CC(c2cccc(Cl)c2)NN1. The van der Waals surface area contributed by atoms with Crippen LogP contribution < -0.4 is 21.1 Å². The number of anilines is 2. The van der Waals surface area contributed by atoms with Gasteiger partial charge in [-0.1, -0.05) is 23.7 Å².